The van der Waals surface area contributed by atoms with E-state index in [1.54, 1.807) is 0 Å². The number of hydrogen-bond acceptors (Lipinski definition) is 5. The first-order chi connectivity index (χ1) is 7.89. The summed E-state index contributed by atoms with van der Waals surface area (Å²) < 4.78 is 5.65. The van der Waals surface area contributed by atoms with Crippen LogP contribution in [0.25, 0.3) is 0 Å². The first-order valence-electron chi connectivity index (χ1n) is 6.18. The van der Waals surface area contributed by atoms with Crippen LogP contribution < -0.4 is 10.6 Å². The van der Waals surface area contributed by atoms with Crippen molar-refractivity contribution < 1.29 is 4.42 Å². The lowest BCUT2D eigenvalue weighted by Gasteiger charge is -2.23. The van der Waals surface area contributed by atoms with Crippen molar-refractivity contribution in [2.75, 3.05) is 13.1 Å². The van der Waals surface area contributed by atoms with Crippen molar-refractivity contribution in [1.82, 2.24) is 20.8 Å². The van der Waals surface area contributed by atoms with E-state index in [4.69, 9.17) is 4.42 Å². The smallest absolute Gasteiger partial charge is 0.230 e. The standard InChI is InChI=1S/C12H22N4O/c1-11(2,3)10-16-15-9(17-10)7-14-12(4)5-6-13-8-12/h13-14H,5-8H2,1-4H3. The minimum atomic E-state index is -0.0793. The molecule has 1 aromatic heterocycles. The van der Waals surface area contributed by atoms with Crippen LogP contribution in [-0.4, -0.2) is 28.8 Å². The van der Waals surface area contributed by atoms with E-state index in [0.29, 0.717) is 18.3 Å². The Labute approximate surface area is 102 Å². The third-order valence-corrected chi connectivity index (χ3v) is 3.14. The van der Waals surface area contributed by atoms with Crippen LogP contribution in [0.15, 0.2) is 4.42 Å². The van der Waals surface area contributed by atoms with Gasteiger partial charge in [-0.15, -0.1) is 10.2 Å². The van der Waals surface area contributed by atoms with Crippen LogP contribution in [0.4, 0.5) is 0 Å². The average molecular weight is 238 g/mol. The van der Waals surface area contributed by atoms with Crippen molar-refractivity contribution in [1.29, 1.82) is 0 Å². The van der Waals surface area contributed by atoms with Gasteiger partial charge in [-0.05, 0) is 19.9 Å². The van der Waals surface area contributed by atoms with E-state index >= 15 is 0 Å². The zero-order valence-electron chi connectivity index (χ0n) is 11.1. The van der Waals surface area contributed by atoms with Gasteiger partial charge < -0.3 is 15.1 Å². The van der Waals surface area contributed by atoms with Crippen LogP contribution in [0.2, 0.25) is 0 Å². The second-order valence-corrected chi connectivity index (χ2v) is 6.09. The van der Waals surface area contributed by atoms with E-state index in [2.05, 4.69) is 48.5 Å². The minimum absolute atomic E-state index is 0.0793. The molecule has 0 bridgehead atoms. The zero-order chi connectivity index (χ0) is 12.5. The molecule has 1 aliphatic rings. The predicted octanol–water partition coefficient (Wildman–Crippen LogP) is 1.21. The molecule has 1 saturated heterocycles. The Morgan fingerprint density at radius 3 is 2.71 bits per heavy atom. The maximum Gasteiger partial charge on any atom is 0.230 e. The highest BCUT2D eigenvalue weighted by Gasteiger charge is 2.28. The van der Waals surface area contributed by atoms with Gasteiger partial charge in [0, 0.05) is 17.5 Å². The molecule has 2 heterocycles. The monoisotopic (exact) mass is 238 g/mol. The molecule has 1 aliphatic heterocycles. The largest absolute Gasteiger partial charge is 0.423 e. The second kappa shape index (κ2) is 4.38. The van der Waals surface area contributed by atoms with Gasteiger partial charge in [0.15, 0.2) is 0 Å². The van der Waals surface area contributed by atoms with Gasteiger partial charge in [0.2, 0.25) is 11.8 Å². The number of nitrogens with zero attached hydrogens (tertiary/aromatic N) is 2. The van der Waals surface area contributed by atoms with Gasteiger partial charge in [-0.2, -0.15) is 0 Å². The van der Waals surface area contributed by atoms with Crippen molar-refractivity contribution >= 4 is 0 Å². The van der Waals surface area contributed by atoms with E-state index in [9.17, 15) is 0 Å². The average Bonchev–Trinajstić information content (AvgIpc) is 2.83. The van der Waals surface area contributed by atoms with Gasteiger partial charge in [-0.3, -0.25) is 0 Å². The van der Waals surface area contributed by atoms with E-state index < -0.39 is 0 Å². The molecule has 2 rings (SSSR count). The van der Waals surface area contributed by atoms with Crippen LogP contribution in [0.5, 0.6) is 0 Å². The Bertz CT molecular complexity index is 374. The predicted molar refractivity (Wildman–Crippen MR) is 65.7 cm³/mol. The zero-order valence-corrected chi connectivity index (χ0v) is 11.1. The summed E-state index contributed by atoms with van der Waals surface area (Å²) in [6, 6.07) is 0. The molecule has 0 aromatic carbocycles. The van der Waals surface area contributed by atoms with Gasteiger partial charge in [-0.1, -0.05) is 20.8 Å². The fraction of sp³-hybridized carbons (Fsp3) is 0.833. The number of rotatable bonds is 3. The molecule has 5 heteroatoms. The van der Waals surface area contributed by atoms with Gasteiger partial charge >= 0.3 is 0 Å². The van der Waals surface area contributed by atoms with Gasteiger partial charge in [0.05, 0.1) is 6.54 Å². The first kappa shape index (κ1) is 12.5. The molecule has 1 aromatic rings. The van der Waals surface area contributed by atoms with E-state index in [0.717, 1.165) is 19.5 Å². The molecule has 0 aliphatic carbocycles. The van der Waals surface area contributed by atoms with Crippen molar-refractivity contribution in [3.05, 3.63) is 11.8 Å². The molecule has 0 amide bonds. The summed E-state index contributed by atoms with van der Waals surface area (Å²) in [6.07, 6.45) is 1.13. The van der Waals surface area contributed by atoms with E-state index in [1.165, 1.54) is 0 Å². The lowest BCUT2D eigenvalue weighted by Crippen LogP contribution is -2.43. The fourth-order valence-electron chi connectivity index (χ4n) is 1.88. The summed E-state index contributed by atoms with van der Waals surface area (Å²) in [4.78, 5) is 0. The molecule has 2 N–H and O–H groups in total. The molecule has 96 valence electrons. The molecule has 1 atom stereocenters. The van der Waals surface area contributed by atoms with Crippen LogP contribution in [-0.2, 0) is 12.0 Å². The second-order valence-electron chi connectivity index (χ2n) is 6.09. The minimum Gasteiger partial charge on any atom is -0.423 e. The number of nitrogens with one attached hydrogen (secondary N) is 2. The third kappa shape index (κ3) is 3.04. The van der Waals surface area contributed by atoms with Gasteiger partial charge in [0.25, 0.3) is 0 Å². The highest BCUT2D eigenvalue weighted by atomic mass is 16.4. The number of hydrogen-bond donors (Lipinski definition) is 2. The molecule has 0 saturated carbocycles. The quantitative estimate of drug-likeness (QED) is 0.828. The van der Waals surface area contributed by atoms with Crippen LogP contribution >= 0.6 is 0 Å². The third-order valence-electron chi connectivity index (χ3n) is 3.14. The van der Waals surface area contributed by atoms with Crippen molar-refractivity contribution in [2.24, 2.45) is 0 Å². The highest BCUT2D eigenvalue weighted by Crippen LogP contribution is 2.20. The molecule has 1 fully saturated rings. The maximum absolute atomic E-state index is 5.65. The molecule has 1 unspecified atom stereocenters. The Morgan fingerprint density at radius 2 is 2.18 bits per heavy atom. The molecule has 0 spiro atoms. The Hall–Kier alpha value is -0.940. The number of aromatic nitrogens is 2. The van der Waals surface area contributed by atoms with Crippen LogP contribution in [0.1, 0.15) is 45.9 Å². The van der Waals surface area contributed by atoms with Gasteiger partial charge in [0.1, 0.15) is 0 Å². The molecular weight excluding hydrogens is 216 g/mol. The summed E-state index contributed by atoms with van der Waals surface area (Å²) in [5.41, 5.74) is 0.0699. The molecule has 0 radical (unpaired) electrons. The highest BCUT2D eigenvalue weighted by molar-refractivity contribution is 4.97. The summed E-state index contributed by atoms with van der Waals surface area (Å²) in [5, 5.41) is 15.0. The normalized spacial score (nSPS) is 25.4. The SMILES string of the molecule is CC1(NCc2nnc(C(C)(C)C)o2)CCNC1. The lowest BCUT2D eigenvalue weighted by atomic mass is 9.97. The maximum atomic E-state index is 5.65. The molecular formula is C12H22N4O. The summed E-state index contributed by atoms with van der Waals surface area (Å²) in [6.45, 7) is 11.1. The Morgan fingerprint density at radius 1 is 1.41 bits per heavy atom. The molecule has 5 nitrogen and oxygen atoms in total. The van der Waals surface area contributed by atoms with Crippen LogP contribution in [0, 0.1) is 0 Å². The summed E-state index contributed by atoms with van der Waals surface area (Å²) in [7, 11) is 0. The lowest BCUT2D eigenvalue weighted by molar-refractivity contribution is 0.329. The topological polar surface area (TPSA) is 63.0 Å². The van der Waals surface area contributed by atoms with Crippen molar-refractivity contribution in [2.45, 2.75) is 51.6 Å². The van der Waals surface area contributed by atoms with E-state index in [1.807, 2.05) is 0 Å². The summed E-state index contributed by atoms with van der Waals surface area (Å²) in [5.74, 6) is 1.37. The molecule has 17 heavy (non-hydrogen) atoms. The Kier molecular flexibility index (Phi) is 3.23. The Balaban J connectivity index is 1.93. The van der Waals surface area contributed by atoms with Gasteiger partial charge in [-0.25, -0.2) is 0 Å². The van der Waals surface area contributed by atoms with Crippen LogP contribution in [0.3, 0.4) is 0 Å². The summed E-state index contributed by atoms with van der Waals surface area (Å²) >= 11 is 0. The first-order valence-corrected chi connectivity index (χ1v) is 6.18. The van der Waals surface area contributed by atoms with Crippen molar-refractivity contribution in [3.63, 3.8) is 0 Å². The fourth-order valence-corrected chi connectivity index (χ4v) is 1.88. The van der Waals surface area contributed by atoms with E-state index in [-0.39, 0.29) is 11.0 Å². The van der Waals surface area contributed by atoms with Crippen molar-refractivity contribution in [3.8, 4) is 0 Å².